The molecule has 4 nitrogen and oxygen atoms in total. The molecule has 1 fully saturated rings. The third-order valence-corrected chi connectivity index (χ3v) is 7.06. The Bertz CT molecular complexity index is 1230. The van der Waals surface area contributed by atoms with Crippen LogP contribution >= 0.6 is 11.3 Å². The van der Waals surface area contributed by atoms with Crippen LogP contribution in [0.25, 0.3) is 32.1 Å². The number of methoxy groups -OCH3 is 1. The van der Waals surface area contributed by atoms with Gasteiger partial charge in [-0.3, -0.25) is 9.69 Å². The fourth-order valence-corrected chi connectivity index (χ4v) is 5.35. The molecule has 1 saturated heterocycles. The number of pyridine rings is 1. The van der Waals surface area contributed by atoms with Crippen molar-refractivity contribution in [3.05, 3.63) is 63.8 Å². The summed E-state index contributed by atoms with van der Waals surface area (Å²) < 4.78 is 6.48. The van der Waals surface area contributed by atoms with E-state index < -0.39 is 0 Å². The summed E-state index contributed by atoms with van der Waals surface area (Å²) in [6.45, 7) is 4.66. The molecule has 2 aromatic heterocycles. The molecule has 4 aromatic rings. The SMILES string of the molecule is COc1ccc2[nH]c(=O)c3sccc3c2c1-c1ccc(C(C)N2CCCC2)cc1. The minimum absolute atomic E-state index is 0.0339. The molecule has 1 aliphatic heterocycles. The number of rotatable bonds is 4. The molecule has 0 bridgehead atoms. The van der Waals surface area contributed by atoms with E-state index in [0.717, 1.165) is 37.9 Å². The van der Waals surface area contributed by atoms with Crippen LogP contribution in [0.4, 0.5) is 0 Å². The molecule has 0 saturated carbocycles. The summed E-state index contributed by atoms with van der Waals surface area (Å²) in [5, 5.41) is 4.00. The molecule has 5 rings (SSSR count). The summed E-state index contributed by atoms with van der Waals surface area (Å²) >= 11 is 1.48. The van der Waals surface area contributed by atoms with Crippen LogP contribution < -0.4 is 10.3 Å². The molecule has 2 aromatic carbocycles. The van der Waals surface area contributed by atoms with E-state index in [1.165, 1.54) is 42.8 Å². The Morgan fingerprint density at radius 1 is 1.07 bits per heavy atom. The van der Waals surface area contributed by atoms with E-state index in [-0.39, 0.29) is 5.56 Å². The van der Waals surface area contributed by atoms with E-state index in [1.807, 2.05) is 23.6 Å². The smallest absolute Gasteiger partial charge is 0.266 e. The van der Waals surface area contributed by atoms with Crippen molar-refractivity contribution < 1.29 is 4.74 Å². The van der Waals surface area contributed by atoms with Gasteiger partial charge in [0.1, 0.15) is 10.4 Å². The van der Waals surface area contributed by atoms with E-state index in [1.54, 1.807) is 7.11 Å². The van der Waals surface area contributed by atoms with Crippen molar-refractivity contribution >= 4 is 32.3 Å². The maximum Gasteiger partial charge on any atom is 0.266 e. The quantitative estimate of drug-likeness (QED) is 0.483. The van der Waals surface area contributed by atoms with Gasteiger partial charge >= 0.3 is 0 Å². The van der Waals surface area contributed by atoms with E-state index >= 15 is 0 Å². The number of thiophene rings is 1. The van der Waals surface area contributed by atoms with Crippen LogP contribution in [-0.4, -0.2) is 30.1 Å². The van der Waals surface area contributed by atoms with Gasteiger partial charge in [0.25, 0.3) is 5.56 Å². The fourth-order valence-electron chi connectivity index (χ4n) is 4.55. The van der Waals surface area contributed by atoms with Gasteiger partial charge in [0.05, 0.1) is 7.11 Å². The molecule has 1 N–H and O–H groups in total. The Morgan fingerprint density at radius 2 is 1.83 bits per heavy atom. The first-order valence-electron chi connectivity index (χ1n) is 10.1. The molecule has 0 radical (unpaired) electrons. The molecule has 0 spiro atoms. The summed E-state index contributed by atoms with van der Waals surface area (Å²) in [7, 11) is 1.70. The minimum atomic E-state index is -0.0339. The lowest BCUT2D eigenvalue weighted by atomic mass is 9.95. The topological polar surface area (TPSA) is 45.3 Å². The van der Waals surface area contributed by atoms with Gasteiger partial charge in [0, 0.05) is 27.9 Å². The number of likely N-dealkylation sites (tertiary alicyclic amines) is 1. The lowest BCUT2D eigenvalue weighted by Crippen LogP contribution is -2.23. The molecule has 1 atom stereocenters. The molecule has 5 heteroatoms. The average molecular weight is 405 g/mol. The number of hydrogen-bond donors (Lipinski definition) is 1. The predicted octanol–water partition coefficient (Wildman–Crippen LogP) is 5.58. The highest BCUT2D eigenvalue weighted by Crippen LogP contribution is 2.40. The van der Waals surface area contributed by atoms with Gasteiger partial charge in [-0.2, -0.15) is 0 Å². The number of nitrogens with one attached hydrogen (secondary N) is 1. The maximum atomic E-state index is 12.4. The second-order valence-corrected chi connectivity index (χ2v) is 8.64. The van der Waals surface area contributed by atoms with Crippen molar-refractivity contribution in [2.45, 2.75) is 25.8 Å². The second kappa shape index (κ2) is 7.32. The van der Waals surface area contributed by atoms with Gasteiger partial charge in [0.2, 0.25) is 0 Å². The lowest BCUT2D eigenvalue weighted by Gasteiger charge is -2.24. The van der Waals surface area contributed by atoms with Gasteiger partial charge in [-0.05, 0) is 67.6 Å². The van der Waals surface area contributed by atoms with Crippen LogP contribution in [-0.2, 0) is 0 Å². The molecule has 29 heavy (non-hydrogen) atoms. The normalized spacial score (nSPS) is 15.9. The molecule has 1 unspecified atom stereocenters. The minimum Gasteiger partial charge on any atom is -0.496 e. The monoisotopic (exact) mass is 404 g/mol. The summed E-state index contributed by atoms with van der Waals surface area (Å²) in [4.78, 5) is 18.0. The third kappa shape index (κ3) is 3.05. The summed E-state index contributed by atoms with van der Waals surface area (Å²) in [6.07, 6.45) is 2.59. The van der Waals surface area contributed by atoms with E-state index in [0.29, 0.717) is 6.04 Å². The predicted molar refractivity (Wildman–Crippen MR) is 121 cm³/mol. The van der Waals surface area contributed by atoms with Crippen molar-refractivity contribution in [3.63, 3.8) is 0 Å². The van der Waals surface area contributed by atoms with Gasteiger partial charge in [-0.1, -0.05) is 24.3 Å². The zero-order chi connectivity index (χ0) is 20.0. The Hall–Kier alpha value is -2.63. The van der Waals surface area contributed by atoms with Crippen LogP contribution in [0.1, 0.15) is 31.4 Å². The van der Waals surface area contributed by atoms with Crippen molar-refractivity contribution in [2.24, 2.45) is 0 Å². The van der Waals surface area contributed by atoms with Crippen LogP contribution in [0, 0.1) is 0 Å². The third-order valence-electron chi connectivity index (χ3n) is 6.15. The molecule has 3 heterocycles. The van der Waals surface area contributed by atoms with Crippen molar-refractivity contribution in [1.29, 1.82) is 0 Å². The zero-order valence-corrected chi connectivity index (χ0v) is 17.5. The maximum absolute atomic E-state index is 12.4. The summed E-state index contributed by atoms with van der Waals surface area (Å²) in [5.41, 5.74) is 4.28. The number of H-pyrrole nitrogens is 1. The van der Waals surface area contributed by atoms with E-state index in [2.05, 4.69) is 41.1 Å². The highest BCUT2D eigenvalue weighted by molar-refractivity contribution is 7.17. The number of aromatic amines is 1. The molecular weight excluding hydrogens is 380 g/mol. The van der Waals surface area contributed by atoms with Crippen LogP contribution in [0.5, 0.6) is 5.75 Å². The van der Waals surface area contributed by atoms with E-state index in [9.17, 15) is 4.79 Å². The largest absolute Gasteiger partial charge is 0.496 e. The molecule has 1 aliphatic rings. The first-order valence-corrected chi connectivity index (χ1v) is 11.0. The molecule has 0 aliphatic carbocycles. The number of fused-ring (bicyclic) bond motifs is 3. The van der Waals surface area contributed by atoms with Gasteiger partial charge < -0.3 is 9.72 Å². The van der Waals surface area contributed by atoms with Crippen LogP contribution in [0.15, 0.2) is 52.6 Å². The molecule has 0 amide bonds. The van der Waals surface area contributed by atoms with E-state index in [4.69, 9.17) is 4.74 Å². The van der Waals surface area contributed by atoms with Gasteiger partial charge in [0.15, 0.2) is 0 Å². The Balaban J connectivity index is 1.67. The highest BCUT2D eigenvalue weighted by Gasteiger charge is 2.20. The van der Waals surface area contributed by atoms with Crippen LogP contribution in [0.2, 0.25) is 0 Å². The van der Waals surface area contributed by atoms with Crippen molar-refractivity contribution in [1.82, 2.24) is 9.88 Å². The number of benzene rings is 2. The highest BCUT2D eigenvalue weighted by atomic mass is 32.1. The number of aromatic nitrogens is 1. The summed E-state index contributed by atoms with van der Waals surface area (Å²) in [6, 6.07) is 15.2. The van der Waals surface area contributed by atoms with Crippen molar-refractivity contribution in [3.8, 4) is 16.9 Å². The first kappa shape index (κ1) is 18.4. The fraction of sp³-hybridized carbons (Fsp3) is 0.292. The molecular formula is C24H24N2O2S. The van der Waals surface area contributed by atoms with Gasteiger partial charge in [-0.25, -0.2) is 0 Å². The lowest BCUT2D eigenvalue weighted by molar-refractivity contribution is 0.263. The standard InChI is InChI=1S/C24H24N2O2S/c1-15(26-12-3-4-13-26)16-5-7-17(8-6-16)21-20(28-2)10-9-19-22(21)18-11-14-29-23(18)24(27)25-19/h5-11,14-15H,3-4,12-13H2,1-2H3,(H,25,27). The average Bonchev–Trinajstić information content (AvgIpc) is 3.45. The van der Waals surface area contributed by atoms with Crippen molar-refractivity contribution in [2.75, 3.05) is 20.2 Å². The molecule has 148 valence electrons. The Labute approximate surface area is 173 Å². The van der Waals surface area contributed by atoms with Crippen LogP contribution in [0.3, 0.4) is 0 Å². The Kier molecular flexibility index (Phi) is 4.64. The van der Waals surface area contributed by atoms with Gasteiger partial charge in [-0.15, -0.1) is 11.3 Å². The number of hydrogen-bond acceptors (Lipinski definition) is 4. The zero-order valence-electron chi connectivity index (χ0n) is 16.7. The number of ether oxygens (including phenoxy) is 1. The first-order chi connectivity index (χ1) is 14.2. The summed E-state index contributed by atoms with van der Waals surface area (Å²) in [5.74, 6) is 0.817. The number of nitrogens with zero attached hydrogens (tertiary/aromatic N) is 1. The Morgan fingerprint density at radius 3 is 2.55 bits per heavy atom. The second-order valence-electron chi connectivity index (χ2n) is 7.72.